The van der Waals surface area contributed by atoms with Crippen molar-refractivity contribution in [1.29, 1.82) is 0 Å². The van der Waals surface area contributed by atoms with Crippen LogP contribution in [0, 0.1) is 6.92 Å². The number of carbonyl (C=O) groups excluding carboxylic acids is 1. The van der Waals surface area contributed by atoms with E-state index in [1.165, 1.54) is 0 Å². The lowest BCUT2D eigenvalue weighted by Crippen LogP contribution is -2.29. The van der Waals surface area contributed by atoms with E-state index in [1.54, 1.807) is 37.5 Å². The number of ether oxygens (including phenoxy) is 3. The van der Waals surface area contributed by atoms with Gasteiger partial charge in [-0.05, 0) is 36.3 Å². The molecule has 27 heavy (non-hydrogen) atoms. The molecular formula is C21H24N2O4. The van der Waals surface area contributed by atoms with E-state index in [0.717, 1.165) is 17.5 Å². The quantitative estimate of drug-likeness (QED) is 0.733. The number of aryl methyl sites for hydroxylation is 1. The number of methoxy groups -OCH3 is 2. The third kappa shape index (κ3) is 4.78. The number of hydrogen-bond acceptors (Lipinski definition) is 5. The maximum absolute atomic E-state index is 12.5. The number of benzene rings is 1. The summed E-state index contributed by atoms with van der Waals surface area (Å²) in [5.74, 6) is 1.85. The molecule has 6 nitrogen and oxygen atoms in total. The van der Waals surface area contributed by atoms with E-state index in [0.29, 0.717) is 30.5 Å². The molecule has 6 heteroatoms. The van der Waals surface area contributed by atoms with Crippen LogP contribution in [-0.4, -0.2) is 49.2 Å². The average Bonchev–Trinajstić information content (AvgIpc) is 3.16. The molecule has 0 radical (unpaired) electrons. The predicted octanol–water partition coefficient (Wildman–Crippen LogP) is 3.10. The first-order valence-electron chi connectivity index (χ1n) is 8.87. The molecule has 1 atom stereocenters. The predicted molar refractivity (Wildman–Crippen MR) is 103 cm³/mol. The van der Waals surface area contributed by atoms with Gasteiger partial charge in [-0.2, -0.15) is 0 Å². The summed E-state index contributed by atoms with van der Waals surface area (Å²) >= 11 is 0. The summed E-state index contributed by atoms with van der Waals surface area (Å²) in [6.45, 7) is 3.22. The molecule has 1 saturated heterocycles. The van der Waals surface area contributed by atoms with E-state index in [2.05, 4.69) is 4.98 Å². The van der Waals surface area contributed by atoms with Gasteiger partial charge in [0.15, 0.2) is 11.5 Å². The molecule has 1 fully saturated rings. The average molecular weight is 368 g/mol. The van der Waals surface area contributed by atoms with Gasteiger partial charge in [0.2, 0.25) is 11.8 Å². The van der Waals surface area contributed by atoms with Crippen LogP contribution in [0.3, 0.4) is 0 Å². The topological polar surface area (TPSA) is 60.9 Å². The van der Waals surface area contributed by atoms with E-state index in [9.17, 15) is 4.79 Å². The highest BCUT2D eigenvalue weighted by Crippen LogP contribution is 2.28. The normalized spacial score (nSPS) is 16.6. The van der Waals surface area contributed by atoms with Gasteiger partial charge in [-0.25, -0.2) is 4.98 Å². The van der Waals surface area contributed by atoms with Crippen molar-refractivity contribution in [2.24, 2.45) is 0 Å². The molecule has 1 unspecified atom stereocenters. The minimum atomic E-state index is -0.0345. The molecule has 1 aliphatic heterocycles. The summed E-state index contributed by atoms with van der Waals surface area (Å²) in [5.41, 5.74) is 1.96. The van der Waals surface area contributed by atoms with Crippen LogP contribution < -0.4 is 14.2 Å². The van der Waals surface area contributed by atoms with Gasteiger partial charge in [-0.3, -0.25) is 4.79 Å². The molecule has 1 aromatic carbocycles. The molecule has 1 amide bonds. The van der Waals surface area contributed by atoms with Gasteiger partial charge in [0.1, 0.15) is 6.10 Å². The van der Waals surface area contributed by atoms with Crippen LogP contribution in [-0.2, 0) is 4.79 Å². The lowest BCUT2D eigenvalue weighted by molar-refractivity contribution is -0.125. The molecule has 3 rings (SSSR count). The van der Waals surface area contributed by atoms with Gasteiger partial charge in [-0.15, -0.1) is 0 Å². The Morgan fingerprint density at radius 3 is 2.70 bits per heavy atom. The van der Waals surface area contributed by atoms with Crippen molar-refractivity contribution in [3.05, 3.63) is 53.7 Å². The van der Waals surface area contributed by atoms with Gasteiger partial charge in [-0.1, -0.05) is 12.1 Å². The lowest BCUT2D eigenvalue weighted by Gasteiger charge is -2.15. The van der Waals surface area contributed by atoms with E-state index >= 15 is 0 Å². The molecule has 1 aliphatic rings. The molecule has 0 saturated carbocycles. The van der Waals surface area contributed by atoms with Crippen LogP contribution in [0.15, 0.2) is 42.6 Å². The number of rotatable bonds is 6. The second kappa shape index (κ2) is 8.58. The number of amides is 1. The third-order valence-corrected chi connectivity index (χ3v) is 4.45. The second-order valence-corrected chi connectivity index (χ2v) is 6.43. The van der Waals surface area contributed by atoms with Gasteiger partial charge in [0.25, 0.3) is 0 Å². The Morgan fingerprint density at radius 2 is 2.00 bits per heavy atom. The zero-order chi connectivity index (χ0) is 19.2. The molecule has 0 aliphatic carbocycles. The summed E-state index contributed by atoms with van der Waals surface area (Å²) in [6, 6.07) is 9.35. The Hall–Kier alpha value is -3.02. The van der Waals surface area contributed by atoms with Crippen LogP contribution in [0.25, 0.3) is 6.08 Å². The van der Waals surface area contributed by atoms with E-state index in [4.69, 9.17) is 14.2 Å². The van der Waals surface area contributed by atoms with Crippen molar-refractivity contribution < 1.29 is 19.0 Å². The van der Waals surface area contributed by atoms with Crippen molar-refractivity contribution in [2.75, 3.05) is 27.3 Å². The highest BCUT2D eigenvalue weighted by atomic mass is 16.5. The maximum Gasteiger partial charge on any atom is 0.246 e. The smallest absolute Gasteiger partial charge is 0.246 e. The molecule has 0 N–H and O–H groups in total. The molecular weight excluding hydrogens is 344 g/mol. The van der Waals surface area contributed by atoms with Crippen LogP contribution >= 0.6 is 0 Å². The van der Waals surface area contributed by atoms with Crippen molar-refractivity contribution >= 4 is 12.0 Å². The largest absolute Gasteiger partial charge is 0.493 e. The number of pyridine rings is 1. The SMILES string of the molecule is COc1ccc(/C=C/C(=O)N2CCC(Oc3ccc(C)cn3)C2)cc1OC. The Labute approximate surface area is 159 Å². The summed E-state index contributed by atoms with van der Waals surface area (Å²) in [4.78, 5) is 18.5. The van der Waals surface area contributed by atoms with E-state index in [-0.39, 0.29) is 12.0 Å². The molecule has 0 bridgehead atoms. The van der Waals surface area contributed by atoms with Crippen LogP contribution in [0.4, 0.5) is 0 Å². The van der Waals surface area contributed by atoms with E-state index < -0.39 is 0 Å². The number of nitrogens with zero attached hydrogens (tertiary/aromatic N) is 2. The third-order valence-electron chi connectivity index (χ3n) is 4.45. The van der Waals surface area contributed by atoms with Crippen molar-refractivity contribution in [1.82, 2.24) is 9.88 Å². The van der Waals surface area contributed by atoms with Crippen molar-refractivity contribution in [2.45, 2.75) is 19.4 Å². The van der Waals surface area contributed by atoms with Crippen molar-refractivity contribution in [3.8, 4) is 17.4 Å². The van der Waals surface area contributed by atoms with Gasteiger partial charge in [0.05, 0.1) is 20.8 Å². The van der Waals surface area contributed by atoms with Gasteiger partial charge in [0, 0.05) is 31.3 Å². The van der Waals surface area contributed by atoms with Crippen LogP contribution in [0.2, 0.25) is 0 Å². The Morgan fingerprint density at radius 1 is 1.19 bits per heavy atom. The highest BCUT2D eigenvalue weighted by molar-refractivity contribution is 5.92. The van der Waals surface area contributed by atoms with Crippen molar-refractivity contribution in [3.63, 3.8) is 0 Å². The standard InChI is InChI=1S/C21H24N2O4/c1-15-4-8-20(22-13-15)27-17-10-11-23(14-17)21(24)9-6-16-5-7-18(25-2)19(12-16)26-3/h4-9,12-13,17H,10-11,14H2,1-3H3/b9-6+. The number of carbonyl (C=O) groups is 1. The molecule has 2 heterocycles. The minimum Gasteiger partial charge on any atom is -0.493 e. The first kappa shape index (κ1) is 18.8. The highest BCUT2D eigenvalue weighted by Gasteiger charge is 2.26. The summed E-state index contributed by atoms with van der Waals surface area (Å²) < 4.78 is 16.4. The molecule has 2 aromatic rings. The summed E-state index contributed by atoms with van der Waals surface area (Å²) in [5, 5.41) is 0. The molecule has 0 spiro atoms. The monoisotopic (exact) mass is 368 g/mol. The van der Waals surface area contributed by atoms with E-state index in [1.807, 2.05) is 37.3 Å². The summed E-state index contributed by atoms with van der Waals surface area (Å²) in [7, 11) is 3.18. The zero-order valence-electron chi connectivity index (χ0n) is 15.8. The minimum absolute atomic E-state index is 0.0290. The Kier molecular flexibility index (Phi) is 5.96. The zero-order valence-corrected chi connectivity index (χ0v) is 15.8. The van der Waals surface area contributed by atoms with Gasteiger partial charge >= 0.3 is 0 Å². The van der Waals surface area contributed by atoms with Crippen LogP contribution in [0.5, 0.6) is 17.4 Å². The number of hydrogen-bond donors (Lipinski definition) is 0. The molecule has 1 aromatic heterocycles. The van der Waals surface area contributed by atoms with Crippen LogP contribution in [0.1, 0.15) is 17.5 Å². The Bertz CT molecular complexity index is 817. The first-order valence-corrected chi connectivity index (χ1v) is 8.87. The Balaban J connectivity index is 1.57. The fourth-order valence-electron chi connectivity index (χ4n) is 2.95. The second-order valence-electron chi connectivity index (χ2n) is 6.43. The maximum atomic E-state index is 12.5. The summed E-state index contributed by atoms with van der Waals surface area (Å²) in [6.07, 6.45) is 5.90. The molecule has 142 valence electrons. The number of aromatic nitrogens is 1. The van der Waals surface area contributed by atoms with Gasteiger partial charge < -0.3 is 19.1 Å². The lowest BCUT2D eigenvalue weighted by atomic mass is 10.2. The first-order chi connectivity index (χ1) is 13.1. The number of likely N-dealkylation sites (tertiary alicyclic amines) is 1. The fourth-order valence-corrected chi connectivity index (χ4v) is 2.95. The fraction of sp³-hybridized carbons (Fsp3) is 0.333.